The number of hydrogen-bond acceptors (Lipinski definition) is 5. The molecule has 0 amide bonds. The van der Waals surface area contributed by atoms with Crippen molar-refractivity contribution in [3.63, 3.8) is 0 Å². The van der Waals surface area contributed by atoms with Gasteiger partial charge in [0.05, 0.1) is 12.6 Å². The van der Waals surface area contributed by atoms with E-state index in [0.717, 1.165) is 51.3 Å². The molecule has 0 aliphatic carbocycles. The van der Waals surface area contributed by atoms with Crippen LogP contribution in [0.5, 0.6) is 0 Å². The van der Waals surface area contributed by atoms with Gasteiger partial charge < -0.3 is 5.11 Å². The molecule has 90 valence electrons. The van der Waals surface area contributed by atoms with Gasteiger partial charge >= 0.3 is 0 Å². The number of aromatic nitrogens is 4. The number of hydrogen-bond donors (Lipinski definition) is 1. The maximum atomic E-state index is 9.58. The minimum atomic E-state index is -0.191. The van der Waals surface area contributed by atoms with Crippen molar-refractivity contribution in [2.24, 2.45) is 0 Å². The highest BCUT2D eigenvalue weighted by Gasteiger charge is 2.19. The Kier molecular flexibility index (Phi) is 3.84. The van der Waals surface area contributed by atoms with Gasteiger partial charge in [-0.2, -0.15) is 0 Å². The second-order valence-corrected chi connectivity index (χ2v) is 4.35. The van der Waals surface area contributed by atoms with Crippen LogP contribution in [0.1, 0.15) is 32.0 Å². The van der Waals surface area contributed by atoms with Crippen molar-refractivity contribution in [2.75, 3.05) is 13.1 Å². The Morgan fingerprint density at radius 2 is 2.38 bits per heavy atom. The Labute approximate surface area is 95.2 Å². The van der Waals surface area contributed by atoms with E-state index in [2.05, 4.69) is 27.3 Å². The van der Waals surface area contributed by atoms with Crippen LogP contribution in [0.2, 0.25) is 0 Å². The lowest BCUT2D eigenvalue weighted by molar-refractivity contribution is 0.0647. The van der Waals surface area contributed by atoms with Gasteiger partial charge in [-0.3, -0.25) is 4.90 Å². The molecule has 6 nitrogen and oxygen atoms in total. The van der Waals surface area contributed by atoms with Crippen LogP contribution >= 0.6 is 0 Å². The van der Waals surface area contributed by atoms with Gasteiger partial charge in [0.2, 0.25) is 0 Å². The van der Waals surface area contributed by atoms with Gasteiger partial charge in [0.25, 0.3) is 0 Å². The van der Waals surface area contributed by atoms with Crippen LogP contribution in [-0.2, 0) is 13.1 Å². The number of aliphatic hydroxyl groups is 1. The molecule has 1 aromatic rings. The lowest BCUT2D eigenvalue weighted by Gasteiger charge is -2.29. The topological polar surface area (TPSA) is 67.1 Å². The van der Waals surface area contributed by atoms with Crippen molar-refractivity contribution in [1.82, 2.24) is 25.1 Å². The van der Waals surface area contributed by atoms with Crippen molar-refractivity contribution in [2.45, 2.75) is 45.4 Å². The zero-order valence-electron chi connectivity index (χ0n) is 9.71. The Hall–Kier alpha value is -1.01. The Morgan fingerprint density at radius 3 is 3.12 bits per heavy atom. The van der Waals surface area contributed by atoms with Gasteiger partial charge in [0.15, 0.2) is 5.82 Å². The minimum absolute atomic E-state index is 0.191. The summed E-state index contributed by atoms with van der Waals surface area (Å²) in [6.45, 7) is 5.47. The quantitative estimate of drug-likeness (QED) is 0.783. The first-order valence-electron chi connectivity index (χ1n) is 5.95. The average molecular weight is 225 g/mol. The first-order chi connectivity index (χ1) is 7.79. The summed E-state index contributed by atoms with van der Waals surface area (Å²) < 4.78 is 1.85. The van der Waals surface area contributed by atoms with Gasteiger partial charge in [0, 0.05) is 13.1 Å². The Balaban J connectivity index is 1.94. The zero-order valence-corrected chi connectivity index (χ0v) is 9.71. The summed E-state index contributed by atoms with van der Waals surface area (Å²) in [5.74, 6) is 0.899. The molecule has 0 bridgehead atoms. The maximum absolute atomic E-state index is 9.58. The van der Waals surface area contributed by atoms with Crippen LogP contribution in [0.3, 0.4) is 0 Å². The third kappa shape index (κ3) is 2.76. The van der Waals surface area contributed by atoms with Crippen molar-refractivity contribution in [3.05, 3.63) is 5.82 Å². The second kappa shape index (κ2) is 5.36. The highest BCUT2D eigenvalue weighted by Crippen LogP contribution is 2.12. The number of piperidine rings is 1. The van der Waals surface area contributed by atoms with E-state index in [1.807, 2.05) is 4.68 Å². The van der Waals surface area contributed by atoms with E-state index in [1.165, 1.54) is 0 Å². The first-order valence-corrected chi connectivity index (χ1v) is 5.95. The van der Waals surface area contributed by atoms with Crippen LogP contribution in [0, 0.1) is 0 Å². The van der Waals surface area contributed by atoms with E-state index in [4.69, 9.17) is 0 Å². The van der Waals surface area contributed by atoms with Crippen molar-refractivity contribution in [1.29, 1.82) is 0 Å². The summed E-state index contributed by atoms with van der Waals surface area (Å²) in [6, 6.07) is 0. The number of aryl methyl sites for hydroxylation is 1. The van der Waals surface area contributed by atoms with Gasteiger partial charge in [-0.1, -0.05) is 6.92 Å². The molecule has 1 atom stereocenters. The third-order valence-electron chi connectivity index (χ3n) is 2.89. The van der Waals surface area contributed by atoms with E-state index in [0.29, 0.717) is 0 Å². The number of tetrazole rings is 1. The molecule has 2 heterocycles. The molecule has 2 rings (SSSR count). The molecule has 0 radical (unpaired) electrons. The third-order valence-corrected chi connectivity index (χ3v) is 2.89. The van der Waals surface area contributed by atoms with Gasteiger partial charge in [-0.15, -0.1) is 5.10 Å². The highest BCUT2D eigenvalue weighted by molar-refractivity contribution is 4.83. The van der Waals surface area contributed by atoms with E-state index in [1.54, 1.807) is 0 Å². The Bertz CT molecular complexity index is 327. The lowest BCUT2D eigenvalue weighted by Crippen LogP contribution is -2.38. The molecular formula is C10H19N5O. The van der Waals surface area contributed by atoms with Crippen LogP contribution in [0.15, 0.2) is 0 Å². The van der Waals surface area contributed by atoms with E-state index >= 15 is 0 Å². The predicted octanol–water partition coefficient (Wildman–Crippen LogP) is 0.0398. The number of rotatable bonds is 4. The molecule has 1 aliphatic heterocycles. The first kappa shape index (κ1) is 11.5. The molecular weight excluding hydrogens is 206 g/mol. The molecule has 1 fully saturated rings. The largest absolute Gasteiger partial charge is 0.392 e. The van der Waals surface area contributed by atoms with E-state index < -0.39 is 0 Å². The predicted molar refractivity (Wildman–Crippen MR) is 58.6 cm³/mol. The average Bonchev–Trinajstić information content (AvgIpc) is 2.66. The molecule has 0 saturated carbocycles. The van der Waals surface area contributed by atoms with E-state index in [9.17, 15) is 5.11 Å². The van der Waals surface area contributed by atoms with Crippen LogP contribution in [-0.4, -0.2) is 49.4 Å². The smallest absolute Gasteiger partial charge is 0.165 e. The lowest BCUT2D eigenvalue weighted by atomic mass is 10.1. The van der Waals surface area contributed by atoms with Gasteiger partial charge in [-0.05, 0) is 36.2 Å². The molecule has 1 aliphatic rings. The molecule has 0 spiro atoms. The molecule has 1 N–H and O–H groups in total. The number of nitrogens with zero attached hydrogens (tertiary/aromatic N) is 5. The summed E-state index contributed by atoms with van der Waals surface area (Å²) in [5.41, 5.74) is 0. The number of likely N-dealkylation sites (tertiary alicyclic amines) is 1. The molecule has 0 aromatic carbocycles. The summed E-state index contributed by atoms with van der Waals surface area (Å²) in [6.07, 6.45) is 2.80. The maximum Gasteiger partial charge on any atom is 0.165 e. The normalized spacial score (nSPS) is 22.5. The fourth-order valence-electron chi connectivity index (χ4n) is 2.10. The summed E-state index contributed by atoms with van der Waals surface area (Å²) in [5, 5.41) is 21.3. The minimum Gasteiger partial charge on any atom is -0.392 e. The molecule has 1 saturated heterocycles. The summed E-state index contributed by atoms with van der Waals surface area (Å²) in [7, 11) is 0. The number of β-amino-alcohol motifs (C(OH)–C–C–N with tert-alkyl or cyclic N) is 1. The summed E-state index contributed by atoms with van der Waals surface area (Å²) in [4.78, 5) is 2.21. The Morgan fingerprint density at radius 1 is 1.50 bits per heavy atom. The SMILES string of the molecule is CCCn1nnnc1CN1CCC[C@H](O)C1. The molecule has 6 heteroatoms. The fourth-order valence-corrected chi connectivity index (χ4v) is 2.10. The second-order valence-electron chi connectivity index (χ2n) is 4.35. The highest BCUT2D eigenvalue weighted by atomic mass is 16.3. The van der Waals surface area contributed by atoms with E-state index in [-0.39, 0.29) is 6.10 Å². The van der Waals surface area contributed by atoms with Crippen LogP contribution < -0.4 is 0 Å². The molecule has 0 unspecified atom stereocenters. The molecule has 16 heavy (non-hydrogen) atoms. The standard InChI is InChI=1S/C10H19N5O/c1-2-5-15-10(11-12-13-15)8-14-6-3-4-9(16)7-14/h9,16H,2-8H2,1H3/t9-/m0/s1. The van der Waals surface area contributed by atoms with Crippen LogP contribution in [0.25, 0.3) is 0 Å². The van der Waals surface area contributed by atoms with Gasteiger partial charge in [0.1, 0.15) is 0 Å². The van der Waals surface area contributed by atoms with Crippen molar-refractivity contribution < 1.29 is 5.11 Å². The zero-order chi connectivity index (χ0) is 11.4. The number of aliphatic hydroxyl groups excluding tert-OH is 1. The van der Waals surface area contributed by atoms with Crippen LogP contribution in [0.4, 0.5) is 0 Å². The van der Waals surface area contributed by atoms with Gasteiger partial charge in [-0.25, -0.2) is 4.68 Å². The fraction of sp³-hybridized carbons (Fsp3) is 0.900. The van der Waals surface area contributed by atoms with Crippen molar-refractivity contribution >= 4 is 0 Å². The summed E-state index contributed by atoms with van der Waals surface area (Å²) >= 11 is 0. The monoisotopic (exact) mass is 225 g/mol. The molecule has 1 aromatic heterocycles. The van der Waals surface area contributed by atoms with Crippen molar-refractivity contribution in [3.8, 4) is 0 Å².